The number of hydrogen-bond donors (Lipinski definition) is 0. The van der Waals surface area contributed by atoms with Gasteiger partial charge in [-0.3, -0.25) is 0 Å². The van der Waals surface area contributed by atoms with Crippen LogP contribution in [0.5, 0.6) is 0 Å². The Kier molecular flexibility index (Phi) is 5.78. The number of carbonyl (C=O) groups is 1. The van der Waals surface area contributed by atoms with E-state index in [1.807, 2.05) is 41.5 Å². The first-order valence-electron chi connectivity index (χ1n) is 9.91. The number of carbonyl (C=O) groups excluding carboxylic acids is 1. The van der Waals surface area contributed by atoms with Crippen molar-refractivity contribution in [3.8, 4) is 11.3 Å². The standard InChI is InChI=1S/C22H29FN4O2/c1-14-13-26(11-12-27(14)21(28)29-22(4,5)6)20-16(3)15(2)19(24-25-20)17-7-9-18(23)10-8-17/h7-10,14H,11-13H2,1-6H3. The van der Waals surface area contributed by atoms with Crippen LogP contribution in [0.1, 0.15) is 38.8 Å². The predicted octanol–water partition coefficient (Wildman–Crippen LogP) is 4.35. The molecule has 1 atom stereocenters. The van der Waals surface area contributed by atoms with Crippen molar-refractivity contribution < 1.29 is 13.9 Å². The minimum Gasteiger partial charge on any atom is -0.444 e. The number of rotatable bonds is 2. The van der Waals surface area contributed by atoms with E-state index < -0.39 is 5.60 Å². The first kappa shape index (κ1) is 21.0. The van der Waals surface area contributed by atoms with Gasteiger partial charge in [0.25, 0.3) is 0 Å². The molecule has 1 amide bonds. The van der Waals surface area contributed by atoms with Crippen molar-refractivity contribution in [2.24, 2.45) is 0 Å². The maximum absolute atomic E-state index is 13.2. The van der Waals surface area contributed by atoms with E-state index in [9.17, 15) is 9.18 Å². The molecule has 0 saturated carbocycles. The zero-order chi connectivity index (χ0) is 21.3. The molecule has 0 N–H and O–H groups in total. The Hall–Kier alpha value is -2.70. The lowest BCUT2D eigenvalue weighted by Gasteiger charge is -2.41. The Morgan fingerprint density at radius 2 is 1.76 bits per heavy atom. The Morgan fingerprint density at radius 3 is 2.34 bits per heavy atom. The smallest absolute Gasteiger partial charge is 0.410 e. The molecule has 0 bridgehead atoms. The summed E-state index contributed by atoms with van der Waals surface area (Å²) in [5, 5.41) is 8.90. The van der Waals surface area contributed by atoms with Gasteiger partial charge >= 0.3 is 6.09 Å². The minimum atomic E-state index is -0.511. The van der Waals surface area contributed by atoms with Crippen molar-refractivity contribution in [1.82, 2.24) is 15.1 Å². The normalized spacial score (nSPS) is 17.4. The van der Waals surface area contributed by atoms with Gasteiger partial charge in [-0.25, -0.2) is 9.18 Å². The summed E-state index contributed by atoms with van der Waals surface area (Å²) < 4.78 is 18.7. The van der Waals surface area contributed by atoms with Gasteiger partial charge in [-0.05, 0) is 76.9 Å². The number of hydrogen-bond acceptors (Lipinski definition) is 5. The van der Waals surface area contributed by atoms with Gasteiger partial charge in [-0.1, -0.05) is 0 Å². The summed E-state index contributed by atoms with van der Waals surface area (Å²) in [4.78, 5) is 16.4. The maximum atomic E-state index is 13.2. The summed E-state index contributed by atoms with van der Waals surface area (Å²) in [5.41, 5.74) is 3.14. The van der Waals surface area contributed by atoms with E-state index in [1.54, 1.807) is 17.0 Å². The molecule has 0 radical (unpaired) electrons. The highest BCUT2D eigenvalue weighted by molar-refractivity contribution is 5.70. The van der Waals surface area contributed by atoms with Gasteiger partial charge in [0, 0.05) is 31.2 Å². The number of halogens is 1. The molecule has 1 fully saturated rings. The zero-order valence-corrected chi connectivity index (χ0v) is 18.0. The molecule has 2 heterocycles. The molecule has 1 aliphatic heterocycles. The highest BCUT2D eigenvalue weighted by Crippen LogP contribution is 2.29. The molecular formula is C22H29FN4O2. The average Bonchev–Trinajstić information content (AvgIpc) is 2.63. The van der Waals surface area contributed by atoms with E-state index >= 15 is 0 Å². The van der Waals surface area contributed by atoms with Crippen LogP contribution in [0.2, 0.25) is 0 Å². The fraction of sp³-hybridized carbons (Fsp3) is 0.500. The van der Waals surface area contributed by atoms with E-state index in [1.165, 1.54) is 12.1 Å². The van der Waals surface area contributed by atoms with Crippen LogP contribution in [0, 0.1) is 19.7 Å². The lowest BCUT2D eigenvalue weighted by molar-refractivity contribution is 0.0158. The van der Waals surface area contributed by atoms with Crippen molar-refractivity contribution in [2.75, 3.05) is 24.5 Å². The monoisotopic (exact) mass is 400 g/mol. The summed E-state index contributed by atoms with van der Waals surface area (Å²) >= 11 is 0. The minimum absolute atomic E-state index is 0.00289. The summed E-state index contributed by atoms with van der Waals surface area (Å²) in [6.45, 7) is 13.5. The number of amides is 1. The van der Waals surface area contributed by atoms with E-state index in [-0.39, 0.29) is 18.0 Å². The van der Waals surface area contributed by atoms with Gasteiger partial charge in [0.05, 0.1) is 5.69 Å². The van der Waals surface area contributed by atoms with Gasteiger partial charge in [0.2, 0.25) is 0 Å². The molecule has 1 unspecified atom stereocenters. The van der Waals surface area contributed by atoms with E-state index in [0.29, 0.717) is 19.6 Å². The zero-order valence-electron chi connectivity index (χ0n) is 18.0. The highest BCUT2D eigenvalue weighted by Gasteiger charge is 2.32. The van der Waals surface area contributed by atoms with Gasteiger partial charge < -0.3 is 14.5 Å². The first-order chi connectivity index (χ1) is 13.6. The fourth-order valence-corrected chi connectivity index (χ4v) is 3.52. The molecule has 0 aliphatic carbocycles. The third kappa shape index (κ3) is 4.66. The number of nitrogens with zero attached hydrogens (tertiary/aromatic N) is 4. The molecule has 156 valence electrons. The van der Waals surface area contributed by atoms with Gasteiger partial charge in [-0.2, -0.15) is 0 Å². The van der Waals surface area contributed by atoms with Crippen LogP contribution in [-0.2, 0) is 4.74 Å². The number of aromatic nitrogens is 2. The molecule has 1 aliphatic rings. The molecule has 3 rings (SSSR count). The van der Waals surface area contributed by atoms with E-state index in [0.717, 1.165) is 28.2 Å². The average molecular weight is 400 g/mol. The summed E-state index contributed by atoms with van der Waals surface area (Å²) in [5.74, 6) is 0.550. The van der Waals surface area contributed by atoms with E-state index in [2.05, 4.69) is 15.1 Å². The molecule has 2 aromatic rings. The van der Waals surface area contributed by atoms with Crippen LogP contribution >= 0.6 is 0 Å². The van der Waals surface area contributed by atoms with E-state index in [4.69, 9.17) is 4.74 Å². The van der Waals surface area contributed by atoms with Gasteiger partial charge in [0.15, 0.2) is 5.82 Å². The van der Waals surface area contributed by atoms with Crippen molar-refractivity contribution in [1.29, 1.82) is 0 Å². The third-order valence-corrected chi connectivity index (χ3v) is 5.17. The maximum Gasteiger partial charge on any atom is 0.410 e. The van der Waals surface area contributed by atoms with Crippen LogP contribution in [0.25, 0.3) is 11.3 Å². The van der Waals surface area contributed by atoms with Crippen LogP contribution in [0.15, 0.2) is 24.3 Å². The lowest BCUT2D eigenvalue weighted by Crippen LogP contribution is -2.55. The Labute approximate surface area is 171 Å². The number of ether oxygens (including phenoxy) is 1. The molecule has 7 heteroatoms. The second-order valence-corrected chi connectivity index (χ2v) is 8.60. The number of anilines is 1. The van der Waals surface area contributed by atoms with Crippen molar-refractivity contribution in [3.05, 3.63) is 41.2 Å². The number of benzene rings is 1. The van der Waals surface area contributed by atoms with Crippen LogP contribution in [0.4, 0.5) is 15.0 Å². The summed E-state index contributed by atoms with van der Waals surface area (Å²) in [6.07, 6.45) is -0.282. The first-order valence-corrected chi connectivity index (χ1v) is 9.91. The van der Waals surface area contributed by atoms with Gasteiger partial charge in [-0.15, -0.1) is 10.2 Å². The molecule has 1 aromatic carbocycles. The largest absolute Gasteiger partial charge is 0.444 e. The van der Waals surface area contributed by atoms with Crippen molar-refractivity contribution >= 4 is 11.9 Å². The molecule has 1 aromatic heterocycles. The molecular weight excluding hydrogens is 371 g/mol. The topological polar surface area (TPSA) is 58.6 Å². The molecule has 0 spiro atoms. The quantitative estimate of drug-likeness (QED) is 0.750. The van der Waals surface area contributed by atoms with Crippen LogP contribution < -0.4 is 4.90 Å². The second-order valence-electron chi connectivity index (χ2n) is 8.60. The summed E-state index contributed by atoms with van der Waals surface area (Å²) in [7, 11) is 0. The Balaban J connectivity index is 1.78. The number of piperazine rings is 1. The molecule has 1 saturated heterocycles. The lowest BCUT2D eigenvalue weighted by atomic mass is 10.0. The third-order valence-electron chi connectivity index (χ3n) is 5.17. The Bertz CT molecular complexity index is 893. The van der Waals surface area contributed by atoms with Crippen molar-refractivity contribution in [3.63, 3.8) is 0 Å². The SMILES string of the molecule is Cc1c(-c2ccc(F)cc2)nnc(N2CCN(C(=O)OC(C)(C)C)C(C)C2)c1C. The second kappa shape index (κ2) is 7.97. The molecule has 29 heavy (non-hydrogen) atoms. The Morgan fingerprint density at radius 1 is 1.10 bits per heavy atom. The van der Waals surface area contributed by atoms with Crippen LogP contribution in [-0.4, -0.2) is 52.5 Å². The highest BCUT2D eigenvalue weighted by atomic mass is 19.1. The fourth-order valence-electron chi connectivity index (χ4n) is 3.52. The van der Waals surface area contributed by atoms with Gasteiger partial charge in [0.1, 0.15) is 11.4 Å². The summed E-state index contributed by atoms with van der Waals surface area (Å²) in [6, 6.07) is 6.28. The predicted molar refractivity (Wildman–Crippen MR) is 112 cm³/mol. The van der Waals surface area contributed by atoms with Crippen LogP contribution in [0.3, 0.4) is 0 Å². The molecule has 6 nitrogen and oxygen atoms in total. The van der Waals surface area contributed by atoms with Crippen molar-refractivity contribution in [2.45, 2.75) is 53.2 Å².